The zero-order valence-corrected chi connectivity index (χ0v) is 14.4. The lowest BCUT2D eigenvalue weighted by Crippen LogP contribution is -2.68. The zero-order valence-electron chi connectivity index (χ0n) is 14.4. The van der Waals surface area contributed by atoms with Crippen LogP contribution in [0.15, 0.2) is 30.3 Å². The molecule has 2 heteroatoms. The third-order valence-electron chi connectivity index (χ3n) is 6.23. The molecule has 0 radical (unpaired) electrons. The van der Waals surface area contributed by atoms with E-state index in [1.807, 2.05) is 0 Å². The highest BCUT2D eigenvalue weighted by Crippen LogP contribution is 2.45. The first-order valence-electron chi connectivity index (χ1n) is 8.44. The Bertz CT molecular complexity index is 458. The van der Waals surface area contributed by atoms with Crippen LogP contribution in [0.2, 0.25) is 0 Å². The Morgan fingerprint density at radius 3 is 2.29 bits per heavy atom. The van der Waals surface area contributed by atoms with Gasteiger partial charge in [0, 0.05) is 23.7 Å². The van der Waals surface area contributed by atoms with Gasteiger partial charge < -0.3 is 5.73 Å². The van der Waals surface area contributed by atoms with Gasteiger partial charge in [-0.1, -0.05) is 51.1 Å². The van der Waals surface area contributed by atoms with Crippen molar-refractivity contribution in [2.24, 2.45) is 11.7 Å². The minimum Gasteiger partial charge on any atom is -0.327 e. The molecule has 0 aliphatic carbocycles. The summed E-state index contributed by atoms with van der Waals surface area (Å²) in [6.45, 7) is 12.8. The molecule has 4 atom stereocenters. The summed E-state index contributed by atoms with van der Waals surface area (Å²) < 4.78 is 0. The molecule has 1 aromatic carbocycles. The summed E-state index contributed by atoms with van der Waals surface area (Å²) in [5, 5.41) is 0. The molecule has 0 amide bonds. The van der Waals surface area contributed by atoms with Crippen LogP contribution in [-0.2, 0) is 6.54 Å². The molecule has 21 heavy (non-hydrogen) atoms. The van der Waals surface area contributed by atoms with Gasteiger partial charge in [0.15, 0.2) is 0 Å². The van der Waals surface area contributed by atoms with Crippen LogP contribution in [-0.4, -0.2) is 22.0 Å². The number of nitrogens with zero attached hydrogens (tertiary/aromatic N) is 1. The average molecular weight is 288 g/mol. The van der Waals surface area contributed by atoms with Gasteiger partial charge in [0.2, 0.25) is 0 Å². The van der Waals surface area contributed by atoms with E-state index in [1.54, 1.807) is 0 Å². The molecule has 2 nitrogen and oxygen atoms in total. The van der Waals surface area contributed by atoms with Gasteiger partial charge in [-0.2, -0.15) is 0 Å². The van der Waals surface area contributed by atoms with E-state index in [0.717, 1.165) is 25.8 Å². The second-order valence-electron chi connectivity index (χ2n) is 7.29. The van der Waals surface area contributed by atoms with Crippen LogP contribution in [0, 0.1) is 5.92 Å². The summed E-state index contributed by atoms with van der Waals surface area (Å²) in [5.41, 5.74) is 8.26. The normalized spacial score (nSPS) is 37.6. The van der Waals surface area contributed by atoms with Crippen molar-refractivity contribution in [1.82, 2.24) is 4.90 Å². The number of hydrogen-bond donors (Lipinski definition) is 1. The van der Waals surface area contributed by atoms with Crippen LogP contribution in [0.4, 0.5) is 0 Å². The number of rotatable bonds is 4. The first-order valence-corrected chi connectivity index (χ1v) is 8.44. The first-order chi connectivity index (χ1) is 9.87. The molecule has 1 heterocycles. The van der Waals surface area contributed by atoms with Crippen LogP contribution in [0.5, 0.6) is 0 Å². The van der Waals surface area contributed by atoms with Gasteiger partial charge in [-0.3, -0.25) is 4.90 Å². The SMILES string of the molecule is CCC1(C)CC(N)C(C)C(C)(CC)N1Cc1ccccc1. The average Bonchev–Trinajstić information content (AvgIpc) is 2.50. The van der Waals surface area contributed by atoms with E-state index in [9.17, 15) is 0 Å². The molecule has 1 aliphatic rings. The molecule has 2 rings (SSSR count). The highest BCUT2D eigenvalue weighted by atomic mass is 15.3. The second-order valence-corrected chi connectivity index (χ2v) is 7.29. The maximum absolute atomic E-state index is 6.51. The molecule has 0 spiro atoms. The van der Waals surface area contributed by atoms with Crippen LogP contribution in [0.1, 0.15) is 59.4 Å². The van der Waals surface area contributed by atoms with Gasteiger partial charge in [0.1, 0.15) is 0 Å². The lowest BCUT2D eigenvalue weighted by atomic mass is 9.67. The molecule has 1 saturated heterocycles. The minimum absolute atomic E-state index is 0.165. The maximum Gasteiger partial charge on any atom is 0.0244 e. The zero-order chi connectivity index (χ0) is 15.7. The molecule has 2 N–H and O–H groups in total. The summed E-state index contributed by atoms with van der Waals surface area (Å²) >= 11 is 0. The number of piperidine rings is 1. The van der Waals surface area contributed by atoms with Crippen molar-refractivity contribution in [3.05, 3.63) is 35.9 Å². The van der Waals surface area contributed by atoms with E-state index < -0.39 is 0 Å². The van der Waals surface area contributed by atoms with Crippen LogP contribution < -0.4 is 5.73 Å². The molecule has 1 aromatic rings. The lowest BCUT2D eigenvalue weighted by molar-refractivity contribution is -0.0973. The number of nitrogens with two attached hydrogens (primary N) is 1. The predicted octanol–water partition coefficient (Wildman–Crippen LogP) is 4.19. The fourth-order valence-electron chi connectivity index (χ4n) is 4.10. The third-order valence-corrected chi connectivity index (χ3v) is 6.23. The number of likely N-dealkylation sites (tertiary alicyclic amines) is 1. The second kappa shape index (κ2) is 6.10. The quantitative estimate of drug-likeness (QED) is 0.900. The van der Waals surface area contributed by atoms with Crippen molar-refractivity contribution in [1.29, 1.82) is 0 Å². The topological polar surface area (TPSA) is 29.3 Å². The number of benzene rings is 1. The van der Waals surface area contributed by atoms with Crippen LogP contribution in [0.25, 0.3) is 0 Å². The fraction of sp³-hybridized carbons (Fsp3) is 0.684. The number of hydrogen-bond acceptors (Lipinski definition) is 2. The maximum atomic E-state index is 6.51. The summed E-state index contributed by atoms with van der Waals surface area (Å²) in [4.78, 5) is 2.74. The molecule has 4 unspecified atom stereocenters. The van der Waals surface area contributed by atoms with Crippen molar-refractivity contribution >= 4 is 0 Å². The molecular weight excluding hydrogens is 256 g/mol. The molecule has 0 saturated carbocycles. The smallest absolute Gasteiger partial charge is 0.0244 e. The Balaban J connectivity index is 2.39. The Hall–Kier alpha value is -0.860. The van der Waals surface area contributed by atoms with Gasteiger partial charge in [0.05, 0.1) is 0 Å². The summed E-state index contributed by atoms with van der Waals surface area (Å²) in [6, 6.07) is 11.2. The standard InChI is InChI=1S/C19H32N2/c1-6-18(4)13-17(20)15(3)19(5,7-2)21(18)14-16-11-9-8-10-12-16/h8-12,15,17H,6-7,13-14,20H2,1-5H3. The largest absolute Gasteiger partial charge is 0.327 e. The molecule has 1 aliphatic heterocycles. The lowest BCUT2D eigenvalue weighted by Gasteiger charge is -2.60. The Kier molecular flexibility index (Phi) is 4.79. The van der Waals surface area contributed by atoms with E-state index in [0.29, 0.717) is 12.0 Å². The van der Waals surface area contributed by atoms with Crippen molar-refractivity contribution in [2.45, 2.75) is 77.5 Å². The van der Waals surface area contributed by atoms with Crippen molar-refractivity contribution in [3.8, 4) is 0 Å². The van der Waals surface area contributed by atoms with Crippen molar-refractivity contribution in [3.63, 3.8) is 0 Å². The fourth-order valence-corrected chi connectivity index (χ4v) is 4.10. The molecular formula is C19H32N2. The molecule has 1 fully saturated rings. The molecule has 118 valence electrons. The van der Waals surface area contributed by atoms with E-state index >= 15 is 0 Å². The van der Waals surface area contributed by atoms with Crippen molar-refractivity contribution in [2.75, 3.05) is 0 Å². The monoisotopic (exact) mass is 288 g/mol. The van der Waals surface area contributed by atoms with Gasteiger partial charge in [-0.05, 0) is 44.6 Å². The van der Waals surface area contributed by atoms with E-state index in [2.05, 4.69) is 69.9 Å². The highest BCUT2D eigenvalue weighted by molar-refractivity contribution is 5.17. The van der Waals surface area contributed by atoms with E-state index in [-0.39, 0.29) is 11.1 Å². The van der Waals surface area contributed by atoms with Gasteiger partial charge >= 0.3 is 0 Å². The highest BCUT2D eigenvalue weighted by Gasteiger charge is 2.51. The van der Waals surface area contributed by atoms with Crippen LogP contribution >= 0.6 is 0 Å². The minimum atomic E-state index is 0.165. The summed E-state index contributed by atoms with van der Waals surface area (Å²) in [5.74, 6) is 0.519. The van der Waals surface area contributed by atoms with Crippen LogP contribution in [0.3, 0.4) is 0 Å². The molecule has 0 bridgehead atoms. The van der Waals surface area contributed by atoms with Gasteiger partial charge in [-0.25, -0.2) is 0 Å². The summed E-state index contributed by atoms with van der Waals surface area (Å²) in [7, 11) is 0. The van der Waals surface area contributed by atoms with Gasteiger partial charge in [-0.15, -0.1) is 0 Å². The van der Waals surface area contributed by atoms with E-state index in [1.165, 1.54) is 5.56 Å². The van der Waals surface area contributed by atoms with Gasteiger partial charge in [0.25, 0.3) is 0 Å². The van der Waals surface area contributed by atoms with Crippen molar-refractivity contribution < 1.29 is 0 Å². The third kappa shape index (κ3) is 2.89. The predicted molar refractivity (Wildman–Crippen MR) is 91.1 cm³/mol. The Morgan fingerprint density at radius 2 is 1.76 bits per heavy atom. The Labute approximate surface area is 130 Å². The first kappa shape index (κ1) is 16.5. The van der Waals surface area contributed by atoms with E-state index in [4.69, 9.17) is 5.73 Å². The molecule has 0 aromatic heterocycles. The Morgan fingerprint density at radius 1 is 1.14 bits per heavy atom. The summed E-state index contributed by atoms with van der Waals surface area (Å²) in [6.07, 6.45) is 3.38.